The molecule has 0 atom stereocenters. The van der Waals surface area contributed by atoms with E-state index in [1.807, 2.05) is 6.92 Å². The number of rotatable bonds is 5. The van der Waals surface area contributed by atoms with Crippen LogP contribution in [-0.4, -0.2) is 19.6 Å². The summed E-state index contributed by atoms with van der Waals surface area (Å²) in [6.45, 7) is 2.33. The van der Waals surface area contributed by atoms with Gasteiger partial charge in [0.1, 0.15) is 17.1 Å². The van der Waals surface area contributed by atoms with Gasteiger partial charge >= 0.3 is 5.63 Å². The predicted molar refractivity (Wildman–Crippen MR) is 99.6 cm³/mol. The first-order valence-electron chi connectivity index (χ1n) is 7.87. The zero-order valence-corrected chi connectivity index (χ0v) is 14.9. The number of hydrogen-bond donors (Lipinski definition) is 1. The second-order valence-corrected chi connectivity index (χ2v) is 5.78. The van der Waals surface area contributed by atoms with E-state index in [1.54, 1.807) is 36.4 Å². The maximum atomic E-state index is 12.7. The van der Waals surface area contributed by atoms with Gasteiger partial charge in [0.05, 0.1) is 24.3 Å². The van der Waals surface area contributed by atoms with Crippen LogP contribution in [0.25, 0.3) is 11.0 Å². The van der Waals surface area contributed by atoms with Crippen molar-refractivity contribution in [2.75, 3.05) is 19.0 Å². The molecule has 0 saturated heterocycles. The molecule has 0 aliphatic heterocycles. The normalized spacial score (nSPS) is 10.6. The molecule has 3 aromatic rings. The Hall–Kier alpha value is -2.99. The van der Waals surface area contributed by atoms with Gasteiger partial charge in [-0.2, -0.15) is 0 Å². The first kappa shape index (κ1) is 17.8. The van der Waals surface area contributed by atoms with Crippen LogP contribution >= 0.6 is 11.6 Å². The Kier molecular flexibility index (Phi) is 5.14. The second-order valence-electron chi connectivity index (χ2n) is 5.37. The fraction of sp³-hybridized carbons (Fsp3) is 0.158. The van der Waals surface area contributed by atoms with E-state index in [9.17, 15) is 9.59 Å². The van der Waals surface area contributed by atoms with Crippen molar-refractivity contribution in [2.45, 2.75) is 6.92 Å². The molecule has 0 spiro atoms. The van der Waals surface area contributed by atoms with Crippen molar-refractivity contribution in [3.8, 4) is 11.5 Å². The average Bonchev–Trinajstić information content (AvgIpc) is 2.61. The van der Waals surface area contributed by atoms with Gasteiger partial charge in [0.15, 0.2) is 0 Å². The van der Waals surface area contributed by atoms with E-state index in [0.29, 0.717) is 34.2 Å². The van der Waals surface area contributed by atoms with E-state index in [1.165, 1.54) is 7.11 Å². The maximum Gasteiger partial charge on any atom is 0.337 e. The molecular formula is C19H16ClNO5. The lowest BCUT2D eigenvalue weighted by molar-refractivity contribution is 0.102. The van der Waals surface area contributed by atoms with Gasteiger partial charge in [-0.3, -0.25) is 4.79 Å². The Morgan fingerprint density at radius 1 is 1.19 bits per heavy atom. The predicted octanol–water partition coefficient (Wildman–Crippen LogP) is 4.11. The number of ether oxygens (including phenoxy) is 2. The van der Waals surface area contributed by atoms with E-state index in [0.717, 1.165) is 6.07 Å². The van der Waals surface area contributed by atoms with Crippen LogP contribution in [-0.2, 0) is 0 Å². The number of amides is 1. The number of halogens is 1. The average molecular weight is 374 g/mol. The number of benzene rings is 2. The SMILES string of the molecule is CCOc1ccc2c(C(=O)Nc3ccc(OC)c(Cl)c3)cc(=O)oc2c1. The highest BCUT2D eigenvalue weighted by atomic mass is 35.5. The third-order valence-corrected chi connectivity index (χ3v) is 3.98. The minimum absolute atomic E-state index is 0.200. The molecule has 134 valence electrons. The highest BCUT2D eigenvalue weighted by Crippen LogP contribution is 2.28. The van der Waals surface area contributed by atoms with Crippen molar-refractivity contribution in [1.82, 2.24) is 0 Å². The number of nitrogens with one attached hydrogen (secondary N) is 1. The van der Waals surface area contributed by atoms with Crippen molar-refractivity contribution in [1.29, 1.82) is 0 Å². The number of fused-ring (bicyclic) bond motifs is 1. The Bertz CT molecular complexity index is 1030. The van der Waals surface area contributed by atoms with Crippen LogP contribution in [0.2, 0.25) is 5.02 Å². The van der Waals surface area contributed by atoms with Gasteiger partial charge < -0.3 is 19.2 Å². The molecule has 0 bridgehead atoms. The van der Waals surface area contributed by atoms with Gasteiger partial charge in [0, 0.05) is 23.2 Å². The number of anilines is 1. The third kappa shape index (κ3) is 3.65. The molecule has 0 unspecified atom stereocenters. The largest absolute Gasteiger partial charge is 0.495 e. The molecule has 1 aromatic heterocycles. The summed E-state index contributed by atoms with van der Waals surface area (Å²) in [6.07, 6.45) is 0. The molecular weight excluding hydrogens is 358 g/mol. The molecule has 7 heteroatoms. The molecule has 0 saturated carbocycles. The lowest BCUT2D eigenvalue weighted by Crippen LogP contribution is -2.15. The first-order valence-corrected chi connectivity index (χ1v) is 8.25. The number of methoxy groups -OCH3 is 1. The summed E-state index contributed by atoms with van der Waals surface area (Å²) in [4.78, 5) is 24.5. The minimum atomic E-state index is -0.621. The summed E-state index contributed by atoms with van der Waals surface area (Å²) in [6, 6.07) is 11.0. The van der Waals surface area contributed by atoms with Crippen molar-refractivity contribution in [2.24, 2.45) is 0 Å². The van der Waals surface area contributed by atoms with E-state index in [4.69, 9.17) is 25.5 Å². The van der Waals surface area contributed by atoms with Gasteiger partial charge in [-0.1, -0.05) is 11.6 Å². The zero-order valence-electron chi connectivity index (χ0n) is 14.2. The van der Waals surface area contributed by atoms with Crippen LogP contribution in [0.5, 0.6) is 11.5 Å². The topological polar surface area (TPSA) is 77.8 Å². The molecule has 1 amide bonds. The summed E-state index contributed by atoms with van der Waals surface area (Å²) in [7, 11) is 1.51. The van der Waals surface area contributed by atoms with Crippen LogP contribution in [0, 0.1) is 0 Å². The minimum Gasteiger partial charge on any atom is -0.495 e. The van der Waals surface area contributed by atoms with E-state index in [2.05, 4.69) is 5.32 Å². The summed E-state index contributed by atoms with van der Waals surface area (Å²) >= 11 is 6.07. The van der Waals surface area contributed by atoms with Crippen molar-refractivity contribution in [3.05, 3.63) is 63.5 Å². The highest BCUT2D eigenvalue weighted by Gasteiger charge is 2.15. The quantitative estimate of drug-likeness (QED) is 0.681. The fourth-order valence-corrected chi connectivity index (χ4v) is 2.79. The van der Waals surface area contributed by atoms with Gasteiger partial charge in [-0.05, 0) is 37.3 Å². The second kappa shape index (κ2) is 7.49. The Morgan fingerprint density at radius 2 is 2.00 bits per heavy atom. The molecule has 0 aliphatic rings. The van der Waals surface area contributed by atoms with E-state index in [-0.39, 0.29) is 11.1 Å². The molecule has 2 aromatic carbocycles. The third-order valence-electron chi connectivity index (χ3n) is 3.68. The van der Waals surface area contributed by atoms with Crippen molar-refractivity contribution in [3.63, 3.8) is 0 Å². The molecule has 6 nitrogen and oxygen atoms in total. The van der Waals surface area contributed by atoms with Crippen LogP contribution in [0.1, 0.15) is 17.3 Å². The summed E-state index contributed by atoms with van der Waals surface area (Å²) in [5.74, 6) is 0.606. The van der Waals surface area contributed by atoms with E-state index < -0.39 is 11.5 Å². The Balaban J connectivity index is 1.97. The lowest BCUT2D eigenvalue weighted by Gasteiger charge is -2.10. The molecule has 0 radical (unpaired) electrons. The lowest BCUT2D eigenvalue weighted by atomic mass is 10.1. The molecule has 1 heterocycles. The smallest absolute Gasteiger partial charge is 0.337 e. The van der Waals surface area contributed by atoms with E-state index >= 15 is 0 Å². The number of hydrogen-bond acceptors (Lipinski definition) is 5. The summed E-state index contributed by atoms with van der Waals surface area (Å²) < 4.78 is 15.7. The molecule has 3 rings (SSSR count). The van der Waals surface area contributed by atoms with Gasteiger partial charge in [0.25, 0.3) is 5.91 Å². The number of carbonyl (C=O) groups excluding carboxylic acids is 1. The summed E-state index contributed by atoms with van der Waals surface area (Å²) in [5.41, 5.74) is 0.338. The van der Waals surface area contributed by atoms with Crippen LogP contribution in [0.15, 0.2) is 51.7 Å². The van der Waals surface area contributed by atoms with Gasteiger partial charge in [-0.15, -0.1) is 0 Å². The van der Waals surface area contributed by atoms with Crippen LogP contribution < -0.4 is 20.4 Å². The zero-order chi connectivity index (χ0) is 18.7. The number of carbonyl (C=O) groups is 1. The fourth-order valence-electron chi connectivity index (χ4n) is 2.53. The molecule has 1 N–H and O–H groups in total. The van der Waals surface area contributed by atoms with Crippen LogP contribution in [0.3, 0.4) is 0 Å². The Labute approximate surface area is 154 Å². The standard InChI is InChI=1S/C19H16ClNO5/c1-3-25-12-5-6-13-14(10-18(22)26-17(13)9-12)19(23)21-11-4-7-16(24-2)15(20)8-11/h4-10H,3H2,1-2H3,(H,21,23). The molecule has 26 heavy (non-hydrogen) atoms. The maximum absolute atomic E-state index is 12.7. The monoisotopic (exact) mass is 373 g/mol. The highest BCUT2D eigenvalue weighted by molar-refractivity contribution is 6.32. The van der Waals surface area contributed by atoms with Crippen molar-refractivity contribution >= 4 is 34.2 Å². The first-order chi connectivity index (χ1) is 12.5. The van der Waals surface area contributed by atoms with Gasteiger partial charge in [0.2, 0.25) is 0 Å². The molecule has 0 aliphatic carbocycles. The van der Waals surface area contributed by atoms with Crippen LogP contribution in [0.4, 0.5) is 5.69 Å². The van der Waals surface area contributed by atoms with Crippen molar-refractivity contribution < 1.29 is 18.7 Å². The molecule has 0 fully saturated rings. The van der Waals surface area contributed by atoms with Gasteiger partial charge in [-0.25, -0.2) is 4.79 Å². The summed E-state index contributed by atoms with van der Waals surface area (Å²) in [5, 5.41) is 3.59. The Morgan fingerprint density at radius 3 is 2.69 bits per heavy atom.